The van der Waals surface area contributed by atoms with E-state index in [1.165, 1.54) is 5.56 Å². The minimum absolute atomic E-state index is 0.0180. The maximum atomic E-state index is 12.7. The van der Waals surface area contributed by atoms with Crippen LogP contribution < -0.4 is 4.74 Å². The lowest BCUT2D eigenvalue weighted by Crippen LogP contribution is -2.26. The highest BCUT2D eigenvalue weighted by Crippen LogP contribution is 2.19. The molecule has 0 N–H and O–H groups in total. The molecule has 0 aliphatic carbocycles. The van der Waals surface area contributed by atoms with Crippen LogP contribution in [0.25, 0.3) is 0 Å². The summed E-state index contributed by atoms with van der Waals surface area (Å²) >= 11 is 0. The molecule has 2 aromatic carbocycles. The second-order valence-corrected chi connectivity index (χ2v) is 6.70. The Balaban J connectivity index is 1.62. The fourth-order valence-corrected chi connectivity index (χ4v) is 2.89. The normalized spacial score (nSPS) is 10.7. The largest absolute Gasteiger partial charge is 0.489 e. The van der Waals surface area contributed by atoms with Crippen LogP contribution in [0.3, 0.4) is 0 Å². The third kappa shape index (κ3) is 4.37. The summed E-state index contributed by atoms with van der Waals surface area (Å²) in [5, 5.41) is 3.92. The van der Waals surface area contributed by atoms with E-state index in [9.17, 15) is 4.79 Å². The molecule has 0 radical (unpaired) electrons. The predicted octanol–water partition coefficient (Wildman–Crippen LogP) is 4.45. The van der Waals surface area contributed by atoms with E-state index in [0.717, 1.165) is 22.6 Å². The molecule has 5 heteroatoms. The minimum Gasteiger partial charge on any atom is -0.489 e. The Morgan fingerprint density at radius 3 is 2.41 bits per heavy atom. The van der Waals surface area contributed by atoms with Crippen molar-refractivity contribution in [3.63, 3.8) is 0 Å². The monoisotopic (exact) mass is 364 g/mol. The molecule has 0 saturated heterocycles. The molecule has 0 atom stereocenters. The van der Waals surface area contributed by atoms with Crippen molar-refractivity contribution in [1.29, 1.82) is 0 Å². The number of rotatable bonds is 6. The molecule has 0 aliphatic heterocycles. The second-order valence-electron chi connectivity index (χ2n) is 6.70. The van der Waals surface area contributed by atoms with Crippen molar-refractivity contribution in [2.45, 2.75) is 33.9 Å². The first-order chi connectivity index (χ1) is 13.0. The third-order valence-corrected chi connectivity index (χ3v) is 4.68. The summed E-state index contributed by atoms with van der Waals surface area (Å²) in [4.78, 5) is 14.4. The Morgan fingerprint density at radius 2 is 1.78 bits per heavy atom. The van der Waals surface area contributed by atoms with Crippen molar-refractivity contribution in [2.75, 3.05) is 7.05 Å². The van der Waals surface area contributed by atoms with Crippen LogP contribution >= 0.6 is 0 Å². The van der Waals surface area contributed by atoms with Crippen LogP contribution in [0.1, 0.15) is 38.5 Å². The van der Waals surface area contributed by atoms with Gasteiger partial charge >= 0.3 is 0 Å². The van der Waals surface area contributed by atoms with Gasteiger partial charge in [0.05, 0.1) is 11.3 Å². The van der Waals surface area contributed by atoms with Gasteiger partial charge in [0.15, 0.2) is 0 Å². The highest BCUT2D eigenvalue weighted by molar-refractivity contribution is 5.94. The van der Waals surface area contributed by atoms with Crippen molar-refractivity contribution < 1.29 is 14.1 Å². The first-order valence-electron chi connectivity index (χ1n) is 8.90. The number of hydrogen-bond acceptors (Lipinski definition) is 4. The Bertz CT molecular complexity index is 909. The van der Waals surface area contributed by atoms with Crippen LogP contribution in [0.15, 0.2) is 53.1 Å². The Morgan fingerprint density at radius 1 is 1.07 bits per heavy atom. The summed E-state index contributed by atoms with van der Waals surface area (Å²) in [5.74, 6) is 1.45. The van der Waals surface area contributed by atoms with Crippen LogP contribution in [0.2, 0.25) is 0 Å². The number of carbonyl (C=O) groups is 1. The average molecular weight is 364 g/mol. The molecule has 1 heterocycles. The SMILES string of the molecule is Cc1ccccc1CN(C)C(=O)c1ccc(OCc2c(C)noc2C)cc1. The molecule has 27 heavy (non-hydrogen) atoms. The van der Waals surface area contributed by atoms with E-state index in [-0.39, 0.29) is 5.91 Å². The molecule has 0 unspecified atom stereocenters. The standard InChI is InChI=1S/C22H24N2O3/c1-15-7-5-6-8-19(15)13-24(4)22(25)18-9-11-20(12-10-18)26-14-21-16(2)23-27-17(21)3/h5-12H,13-14H2,1-4H3. The summed E-state index contributed by atoms with van der Waals surface area (Å²) < 4.78 is 10.9. The van der Waals surface area contributed by atoms with Gasteiger partial charge in [0.1, 0.15) is 18.1 Å². The van der Waals surface area contributed by atoms with E-state index in [4.69, 9.17) is 9.26 Å². The van der Waals surface area contributed by atoms with Gasteiger partial charge in [-0.3, -0.25) is 4.79 Å². The average Bonchev–Trinajstić information content (AvgIpc) is 2.99. The summed E-state index contributed by atoms with van der Waals surface area (Å²) in [6.07, 6.45) is 0. The van der Waals surface area contributed by atoms with Gasteiger partial charge < -0.3 is 14.2 Å². The topological polar surface area (TPSA) is 55.6 Å². The van der Waals surface area contributed by atoms with Gasteiger partial charge in [0.2, 0.25) is 0 Å². The van der Waals surface area contributed by atoms with Crippen molar-refractivity contribution in [3.05, 3.63) is 82.2 Å². The maximum absolute atomic E-state index is 12.7. The van der Waals surface area contributed by atoms with Crippen LogP contribution in [0.4, 0.5) is 0 Å². The third-order valence-electron chi connectivity index (χ3n) is 4.68. The van der Waals surface area contributed by atoms with Crippen molar-refractivity contribution in [2.24, 2.45) is 0 Å². The van der Waals surface area contributed by atoms with E-state index in [1.807, 2.05) is 51.2 Å². The van der Waals surface area contributed by atoms with E-state index in [0.29, 0.717) is 24.5 Å². The number of carbonyl (C=O) groups excluding carboxylic acids is 1. The lowest BCUT2D eigenvalue weighted by molar-refractivity contribution is 0.0785. The molecule has 3 rings (SSSR count). The van der Waals surface area contributed by atoms with Crippen molar-refractivity contribution in [3.8, 4) is 5.75 Å². The Labute approximate surface area is 159 Å². The van der Waals surface area contributed by atoms with E-state index >= 15 is 0 Å². The molecule has 0 saturated carbocycles. The predicted molar refractivity (Wildman–Crippen MR) is 104 cm³/mol. The zero-order valence-corrected chi connectivity index (χ0v) is 16.2. The van der Waals surface area contributed by atoms with E-state index in [2.05, 4.69) is 18.1 Å². The van der Waals surface area contributed by atoms with Gasteiger partial charge in [-0.2, -0.15) is 0 Å². The maximum Gasteiger partial charge on any atom is 0.253 e. The quantitative estimate of drug-likeness (QED) is 0.648. The Kier molecular flexibility index (Phi) is 5.60. The van der Waals surface area contributed by atoms with Gasteiger partial charge in [-0.15, -0.1) is 0 Å². The molecule has 1 aromatic heterocycles. The van der Waals surface area contributed by atoms with Crippen molar-refractivity contribution >= 4 is 5.91 Å². The fraction of sp³-hybridized carbons (Fsp3) is 0.273. The van der Waals surface area contributed by atoms with E-state index < -0.39 is 0 Å². The molecule has 3 aromatic rings. The van der Waals surface area contributed by atoms with Gasteiger partial charge in [-0.05, 0) is 56.2 Å². The van der Waals surface area contributed by atoms with Gasteiger partial charge in [0, 0.05) is 19.2 Å². The lowest BCUT2D eigenvalue weighted by atomic mass is 10.1. The smallest absolute Gasteiger partial charge is 0.253 e. The highest BCUT2D eigenvalue weighted by atomic mass is 16.5. The molecule has 0 aliphatic rings. The molecular formula is C22H24N2O3. The number of benzene rings is 2. The Hall–Kier alpha value is -3.08. The number of hydrogen-bond donors (Lipinski definition) is 0. The molecule has 0 spiro atoms. The van der Waals surface area contributed by atoms with Crippen LogP contribution in [-0.4, -0.2) is 23.0 Å². The first kappa shape index (κ1) is 18.7. The molecule has 5 nitrogen and oxygen atoms in total. The number of nitrogens with zero attached hydrogens (tertiary/aromatic N) is 2. The van der Waals surface area contributed by atoms with Crippen LogP contribution in [0.5, 0.6) is 5.75 Å². The molecular weight excluding hydrogens is 340 g/mol. The zero-order valence-electron chi connectivity index (χ0n) is 16.2. The highest BCUT2D eigenvalue weighted by Gasteiger charge is 2.14. The minimum atomic E-state index is -0.0180. The van der Waals surface area contributed by atoms with Crippen LogP contribution in [0, 0.1) is 20.8 Å². The number of ether oxygens (including phenoxy) is 1. The second kappa shape index (κ2) is 8.08. The van der Waals surface area contributed by atoms with Crippen molar-refractivity contribution in [1.82, 2.24) is 10.1 Å². The fourth-order valence-electron chi connectivity index (χ4n) is 2.89. The molecule has 0 fully saturated rings. The number of aromatic nitrogens is 1. The number of aryl methyl sites for hydroxylation is 3. The summed E-state index contributed by atoms with van der Waals surface area (Å²) in [6.45, 7) is 6.78. The number of amides is 1. The van der Waals surface area contributed by atoms with E-state index in [1.54, 1.807) is 17.0 Å². The summed E-state index contributed by atoms with van der Waals surface area (Å²) in [5.41, 5.74) is 4.74. The molecule has 140 valence electrons. The summed E-state index contributed by atoms with van der Waals surface area (Å²) in [7, 11) is 1.82. The summed E-state index contributed by atoms with van der Waals surface area (Å²) in [6, 6.07) is 15.3. The molecule has 0 bridgehead atoms. The zero-order chi connectivity index (χ0) is 19.4. The van der Waals surface area contributed by atoms with Crippen LogP contribution in [-0.2, 0) is 13.2 Å². The van der Waals surface area contributed by atoms with Gasteiger partial charge in [0.25, 0.3) is 5.91 Å². The first-order valence-corrected chi connectivity index (χ1v) is 8.90. The van der Waals surface area contributed by atoms with Gasteiger partial charge in [-0.1, -0.05) is 29.4 Å². The van der Waals surface area contributed by atoms with Gasteiger partial charge in [-0.25, -0.2) is 0 Å². The lowest BCUT2D eigenvalue weighted by Gasteiger charge is -2.18. The molecule has 1 amide bonds.